The molecule has 0 aromatic heterocycles. The molecule has 0 aromatic carbocycles. The third kappa shape index (κ3) is 11.7. The van der Waals surface area contributed by atoms with Gasteiger partial charge >= 0.3 is 17.9 Å². The molecule has 0 heterocycles. The number of carbonyl (C=O) groups excluding carboxylic acids is 4. The Morgan fingerprint density at radius 3 is 1.71 bits per heavy atom. The van der Waals surface area contributed by atoms with E-state index in [1.165, 1.54) is 0 Å². The first-order chi connectivity index (χ1) is 15.6. The Morgan fingerprint density at radius 2 is 1.26 bits per heavy atom. The molecule has 0 fully saturated rings. The maximum atomic E-state index is 12.6. The number of aliphatic hydroxyl groups excluding tert-OH is 1. The maximum absolute atomic E-state index is 12.6. The molecule has 0 aromatic rings. The number of carboxylic acids is 3. The molecular formula is C18H29N5O11. The molecule has 0 spiro atoms. The van der Waals surface area contributed by atoms with Gasteiger partial charge < -0.3 is 47.8 Å². The third-order valence-corrected chi connectivity index (χ3v) is 4.37. The second kappa shape index (κ2) is 14.4. The molecule has 0 aliphatic heterocycles. The highest BCUT2D eigenvalue weighted by Crippen LogP contribution is 2.04. The fourth-order valence-electron chi connectivity index (χ4n) is 2.55. The number of aliphatic hydroxyl groups is 1. The van der Waals surface area contributed by atoms with Crippen LogP contribution in [0.25, 0.3) is 0 Å². The van der Waals surface area contributed by atoms with Crippen LogP contribution in [0.1, 0.15) is 39.0 Å². The number of hydrogen-bond acceptors (Lipinski definition) is 9. The highest BCUT2D eigenvalue weighted by atomic mass is 16.4. The summed E-state index contributed by atoms with van der Waals surface area (Å²) in [6, 6.07) is -6.39. The van der Waals surface area contributed by atoms with Crippen molar-refractivity contribution in [1.29, 1.82) is 0 Å². The lowest BCUT2D eigenvalue weighted by atomic mass is 10.1. The number of carbonyl (C=O) groups is 7. The maximum Gasteiger partial charge on any atom is 0.326 e. The van der Waals surface area contributed by atoms with Crippen molar-refractivity contribution in [3.05, 3.63) is 0 Å². The van der Waals surface area contributed by atoms with Gasteiger partial charge in [0.25, 0.3) is 0 Å². The van der Waals surface area contributed by atoms with Gasteiger partial charge in [0.1, 0.15) is 18.1 Å². The third-order valence-electron chi connectivity index (χ3n) is 4.37. The van der Waals surface area contributed by atoms with Gasteiger partial charge in [-0.2, -0.15) is 0 Å². The van der Waals surface area contributed by atoms with E-state index in [0.29, 0.717) is 0 Å². The average Bonchev–Trinajstić information content (AvgIpc) is 2.71. The van der Waals surface area contributed by atoms with Crippen LogP contribution in [0.2, 0.25) is 0 Å². The lowest BCUT2D eigenvalue weighted by Crippen LogP contribution is -2.60. The molecule has 16 nitrogen and oxygen atoms in total. The molecule has 16 heteroatoms. The lowest BCUT2D eigenvalue weighted by Gasteiger charge is -2.26. The highest BCUT2D eigenvalue weighted by Gasteiger charge is 2.33. The van der Waals surface area contributed by atoms with Crippen LogP contribution >= 0.6 is 0 Å². The second-order valence-corrected chi connectivity index (χ2v) is 7.33. The minimum Gasteiger partial charge on any atom is -0.481 e. The minimum absolute atomic E-state index is 0.268. The van der Waals surface area contributed by atoms with Crippen LogP contribution in [0.4, 0.5) is 0 Å². The SMILES string of the molecule is CC(O)C(NC(=O)C(N)CCC(=O)O)C(=O)NC(CCC(=O)O)C(=O)NC(CC(N)=O)C(=O)O. The fourth-order valence-corrected chi connectivity index (χ4v) is 2.55. The van der Waals surface area contributed by atoms with Gasteiger partial charge in [-0.15, -0.1) is 0 Å². The number of hydrogen-bond donors (Lipinski definition) is 9. The molecule has 5 unspecified atom stereocenters. The Labute approximate surface area is 193 Å². The number of primary amides is 1. The molecule has 0 radical (unpaired) electrons. The van der Waals surface area contributed by atoms with Crippen LogP contribution in [0.3, 0.4) is 0 Å². The number of nitrogens with one attached hydrogen (secondary N) is 3. The lowest BCUT2D eigenvalue weighted by molar-refractivity contribution is -0.144. The summed E-state index contributed by atoms with van der Waals surface area (Å²) in [6.45, 7) is 1.12. The van der Waals surface area contributed by atoms with Gasteiger partial charge in [-0.1, -0.05) is 0 Å². The van der Waals surface area contributed by atoms with Gasteiger partial charge in [0.2, 0.25) is 23.6 Å². The van der Waals surface area contributed by atoms with Gasteiger partial charge in [-0.25, -0.2) is 4.79 Å². The molecule has 5 atom stereocenters. The van der Waals surface area contributed by atoms with Crippen molar-refractivity contribution >= 4 is 41.5 Å². The van der Waals surface area contributed by atoms with E-state index in [1.54, 1.807) is 0 Å². The zero-order chi connectivity index (χ0) is 26.6. The number of amides is 4. The first-order valence-corrected chi connectivity index (χ1v) is 9.95. The van der Waals surface area contributed by atoms with E-state index in [4.69, 9.17) is 26.8 Å². The van der Waals surface area contributed by atoms with E-state index in [-0.39, 0.29) is 6.42 Å². The molecule has 4 amide bonds. The molecule has 0 aliphatic carbocycles. The summed E-state index contributed by atoms with van der Waals surface area (Å²) >= 11 is 0. The number of aliphatic carboxylic acids is 3. The van der Waals surface area contributed by atoms with Gasteiger partial charge in [-0.05, 0) is 19.8 Å². The normalized spacial score (nSPS) is 15.0. The van der Waals surface area contributed by atoms with Crippen LogP contribution in [-0.2, 0) is 33.6 Å². The van der Waals surface area contributed by atoms with Gasteiger partial charge in [-0.3, -0.25) is 28.8 Å². The molecule has 0 saturated carbocycles. The zero-order valence-corrected chi connectivity index (χ0v) is 18.2. The first-order valence-electron chi connectivity index (χ1n) is 9.95. The predicted octanol–water partition coefficient (Wildman–Crippen LogP) is -4.16. The summed E-state index contributed by atoms with van der Waals surface area (Å²) in [5.74, 6) is -8.48. The highest BCUT2D eigenvalue weighted by molar-refractivity contribution is 5.95. The van der Waals surface area contributed by atoms with Crippen LogP contribution in [0, 0.1) is 0 Å². The van der Waals surface area contributed by atoms with Crippen LogP contribution in [0.15, 0.2) is 0 Å². The zero-order valence-electron chi connectivity index (χ0n) is 18.2. The van der Waals surface area contributed by atoms with Crippen molar-refractivity contribution in [2.75, 3.05) is 0 Å². The van der Waals surface area contributed by atoms with E-state index < -0.39 is 97.5 Å². The van der Waals surface area contributed by atoms with Crippen molar-refractivity contribution in [1.82, 2.24) is 16.0 Å². The van der Waals surface area contributed by atoms with Crippen LogP contribution in [-0.4, -0.2) is 92.2 Å². The van der Waals surface area contributed by atoms with E-state index in [1.807, 2.05) is 5.32 Å². The number of nitrogens with two attached hydrogens (primary N) is 2. The predicted molar refractivity (Wildman–Crippen MR) is 111 cm³/mol. The van der Waals surface area contributed by atoms with E-state index in [0.717, 1.165) is 6.92 Å². The molecule has 11 N–H and O–H groups in total. The quantitative estimate of drug-likeness (QED) is 0.0993. The van der Waals surface area contributed by atoms with Crippen LogP contribution < -0.4 is 27.4 Å². The Hall–Kier alpha value is -3.79. The second-order valence-electron chi connectivity index (χ2n) is 7.33. The largest absolute Gasteiger partial charge is 0.481 e. The van der Waals surface area contributed by atoms with Crippen LogP contribution in [0.5, 0.6) is 0 Å². The van der Waals surface area contributed by atoms with E-state index >= 15 is 0 Å². The molecule has 192 valence electrons. The average molecular weight is 491 g/mol. The van der Waals surface area contributed by atoms with Gasteiger partial charge in [0, 0.05) is 12.8 Å². The van der Waals surface area contributed by atoms with E-state index in [2.05, 4.69) is 10.6 Å². The van der Waals surface area contributed by atoms with Crippen molar-refractivity contribution in [3.63, 3.8) is 0 Å². The molecule has 0 saturated heterocycles. The Morgan fingerprint density at radius 1 is 0.765 bits per heavy atom. The topological polar surface area (TPSA) is 289 Å². The van der Waals surface area contributed by atoms with Crippen molar-refractivity contribution < 1.29 is 54.0 Å². The van der Waals surface area contributed by atoms with Crippen molar-refractivity contribution in [3.8, 4) is 0 Å². The van der Waals surface area contributed by atoms with Crippen molar-refractivity contribution in [2.45, 2.75) is 69.3 Å². The standard InChI is InChI=1S/C18H29N5O11/c1-7(24)14(23-15(30)8(19)2-4-12(26)27)17(32)21-9(3-5-13(28)29)16(31)22-10(18(33)34)6-11(20)25/h7-10,14,24H,2-6,19H2,1H3,(H2,20,25)(H,21,32)(H,22,31)(H,23,30)(H,26,27)(H,28,29)(H,33,34). The molecular weight excluding hydrogens is 462 g/mol. The summed E-state index contributed by atoms with van der Waals surface area (Å²) in [7, 11) is 0. The first kappa shape index (κ1) is 30.2. The summed E-state index contributed by atoms with van der Waals surface area (Å²) < 4.78 is 0. The smallest absolute Gasteiger partial charge is 0.326 e. The summed E-state index contributed by atoms with van der Waals surface area (Å²) in [5, 5.41) is 42.7. The summed E-state index contributed by atoms with van der Waals surface area (Å²) in [6.07, 6.45) is -4.14. The molecule has 0 aliphatic rings. The Kier molecular flexibility index (Phi) is 12.8. The van der Waals surface area contributed by atoms with Gasteiger partial charge in [0.15, 0.2) is 0 Å². The molecule has 0 rings (SSSR count). The van der Waals surface area contributed by atoms with Gasteiger partial charge in [0.05, 0.1) is 18.6 Å². The van der Waals surface area contributed by atoms with E-state index in [9.17, 15) is 38.7 Å². The minimum atomic E-state index is -1.76. The summed E-state index contributed by atoms with van der Waals surface area (Å²) in [5.41, 5.74) is 10.5. The number of rotatable bonds is 16. The number of carboxylic acid groups (broad SMARTS) is 3. The Bertz CT molecular complexity index is 801. The molecule has 0 bridgehead atoms. The van der Waals surface area contributed by atoms with Crippen molar-refractivity contribution in [2.24, 2.45) is 11.5 Å². The summed E-state index contributed by atoms with van der Waals surface area (Å²) in [4.78, 5) is 81.0. The Balaban J connectivity index is 5.49. The monoisotopic (exact) mass is 491 g/mol. The fraction of sp³-hybridized carbons (Fsp3) is 0.611. The molecule has 34 heavy (non-hydrogen) atoms.